The van der Waals surface area contributed by atoms with Crippen LogP contribution in [-0.4, -0.2) is 35.5 Å². The fourth-order valence-electron chi connectivity index (χ4n) is 2.64. The first-order valence-corrected chi connectivity index (χ1v) is 6.68. The summed E-state index contributed by atoms with van der Waals surface area (Å²) in [6.07, 6.45) is 0.560. The quantitative estimate of drug-likeness (QED) is 0.808. The zero-order valence-electron chi connectivity index (χ0n) is 10.6. The van der Waals surface area contributed by atoms with Crippen LogP contribution in [0.1, 0.15) is 12.0 Å². The summed E-state index contributed by atoms with van der Waals surface area (Å²) in [6.45, 7) is 1.08. The molecule has 20 heavy (non-hydrogen) atoms. The number of amides is 3. The van der Waals surface area contributed by atoms with E-state index in [0.717, 1.165) is 4.90 Å². The number of rotatable bonds is 2. The molecule has 2 saturated heterocycles. The van der Waals surface area contributed by atoms with Crippen LogP contribution in [0.4, 0.5) is 9.18 Å². The molecule has 7 heteroatoms. The minimum absolute atomic E-state index is 0.0248. The highest BCUT2D eigenvalue weighted by atomic mass is 35.5. The molecule has 2 aliphatic rings. The van der Waals surface area contributed by atoms with E-state index in [0.29, 0.717) is 30.1 Å². The third-order valence-electron chi connectivity index (χ3n) is 3.74. The molecule has 3 amide bonds. The Morgan fingerprint density at radius 3 is 2.90 bits per heavy atom. The maximum atomic E-state index is 13.2. The highest BCUT2D eigenvalue weighted by Gasteiger charge is 2.52. The van der Waals surface area contributed by atoms with Crippen LogP contribution in [0, 0.1) is 5.82 Å². The minimum Gasteiger partial charge on any atom is -0.322 e. The summed E-state index contributed by atoms with van der Waals surface area (Å²) in [6, 6.07) is 3.43. The number of imide groups is 1. The van der Waals surface area contributed by atoms with Crippen molar-refractivity contribution in [1.82, 2.24) is 15.5 Å². The molecule has 106 valence electrons. The first-order valence-electron chi connectivity index (χ1n) is 6.31. The molecule has 0 bridgehead atoms. The van der Waals surface area contributed by atoms with Crippen molar-refractivity contribution in [3.8, 4) is 0 Å². The lowest BCUT2D eigenvalue weighted by Gasteiger charge is -2.19. The maximum absolute atomic E-state index is 13.2. The molecule has 0 saturated carbocycles. The third kappa shape index (κ3) is 2.05. The monoisotopic (exact) mass is 297 g/mol. The summed E-state index contributed by atoms with van der Waals surface area (Å²) >= 11 is 5.97. The van der Waals surface area contributed by atoms with Crippen molar-refractivity contribution >= 4 is 23.5 Å². The molecule has 2 N–H and O–H groups in total. The van der Waals surface area contributed by atoms with Gasteiger partial charge in [0.1, 0.15) is 11.4 Å². The maximum Gasteiger partial charge on any atom is 0.325 e. The van der Waals surface area contributed by atoms with Gasteiger partial charge in [-0.05, 0) is 36.7 Å². The Morgan fingerprint density at radius 2 is 2.20 bits per heavy atom. The molecule has 5 nitrogen and oxygen atoms in total. The predicted octanol–water partition coefficient (Wildman–Crippen LogP) is 1.26. The predicted molar refractivity (Wildman–Crippen MR) is 70.7 cm³/mol. The molecule has 2 fully saturated rings. The van der Waals surface area contributed by atoms with Gasteiger partial charge < -0.3 is 10.6 Å². The molecule has 1 atom stereocenters. The smallest absolute Gasteiger partial charge is 0.322 e. The van der Waals surface area contributed by atoms with Crippen LogP contribution >= 0.6 is 11.6 Å². The van der Waals surface area contributed by atoms with Crippen LogP contribution < -0.4 is 10.6 Å². The van der Waals surface area contributed by atoms with Crippen LogP contribution in [0.15, 0.2) is 18.2 Å². The Labute approximate surface area is 120 Å². The van der Waals surface area contributed by atoms with Crippen molar-refractivity contribution in [2.75, 3.05) is 13.1 Å². The van der Waals surface area contributed by atoms with Gasteiger partial charge >= 0.3 is 6.03 Å². The van der Waals surface area contributed by atoms with E-state index in [2.05, 4.69) is 10.6 Å². The van der Waals surface area contributed by atoms with E-state index in [1.165, 1.54) is 18.2 Å². The van der Waals surface area contributed by atoms with Crippen LogP contribution in [0.5, 0.6) is 0 Å². The summed E-state index contributed by atoms with van der Waals surface area (Å²) < 4.78 is 13.2. The number of carbonyl (C=O) groups excluding carboxylic acids is 2. The SMILES string of the molecule is O=C1NC2(CCNC2)C(=O)N1Cc1cc(F)ccc1Cl. The highest BCUT2D eigenvalue weighted by Crippen LogP contribution is 2.27. The number of nitrogens with zero attached hydrogens (tertiary/aromatic N) is 1. The second-order valence-corrected chi connectivity index (χ2v) is 5.47. The average molecular weight is 298 g/mol. The Morgan fingerprint density at radius 1 is 1.40 bits per heavy atom. The average Bonchev–Trinajstić information content (AvgIpc) is 2.96. The van der Waals surface area contributed by atoms with Gasteiger partial charge in [-0.3, -0.25) is 9.69 Å². The Kier molecular flexibility index (Phi) is 3.14. The second-order valence-electron chi connectivity index (χ2n) is 5.07. The lowest BCUT2D eigenvalue weighted by Crippen LogP contribution is -2.48. The van der Waals surface area contributed by atoms with Gasteiger partial charge in [-0.25, -0.2) is 9.18 Å². The third-order valence-corrected chi connectivity index (χ3v) is 4.11. The Bertz CT molecular complexity index is 587. The zero-order valence-corrected chi connectivity index (χ0v) is 11.3. The lowest BCUT2D eigenvalue weighted by atomic mass is 9.99. The standard InChI is InChI=1S/C13H13ClFN3O2/c14-10-2-1-9(15)5-8(10)6-18-11(19)13(17-12(18)20)3-4-16-7-13/h1-2,5,16H,3-4,6-7H2,(H,17,20). The molecule has 1 aromatic rings. The van der Waals surface area contributed by atoms with Gasteiger partial charge in [0, 0.05) is 11.6 Å². The fourth-order valence-corrected chi connectivity index (χ4v) is 2.81. The molecule has 0 radical (unpaired) electrons. The number of halogens is 2. The van der Waals surface area contributed by atoms with E-state index in [1.54, 1.807) is 0 Å². The van der Waals surface area contributed by atoms with Gasteiger partial charge in [-0.2, -0.15) is 0 Å². The van der Waals surface area contributed by atoms with Gasteiger partial charge in [0.15, 0.2) is 0 Å². The van der Waals surface area contributed by atoms with E-state index in [4.69, 9.17) is 11.6 Å². The van der Waals surface area contributed by atoms with Crippen LogP contribution in [0.2, 0.25) is 5.02 Å². The van der Waals surface area contributed by atoms with Crippen LogP contribution in [-0.2, 0) is 11.3 Å². The zero-order chi connectivity index (χ0) is 14.3. The van der Waals surface area contributed by atoms with E-state index in [-0.39, 0.29) is 12.5 Å². The first kappa shape index (κ1) is 13.3. The van der Waals surface area contributed by atoms with Gasteiger partial charge in [0.05, 0.1) is 6.54 Å². The van der Waals surface area contributed by atoms with E-state index >= 15 is 0 Å². The largest absolute Gasteiger partial charge is 0.325 e. The van der Waals surface area contributed by atoms with Crippen molar-refractivity contribution in [1.29, 1.82) is 0 Å². The Balaban J connectivity index is 1.86. The highest BCUT2D eigenvalue weighted by molar-refractivity contribution is 6.31. The first-order chi connectivity index (χ1) is 9.52. The molecule has 1 unspecified atom stereocenters. The normalized spacial score (nSPS) is 25.6. The second kappa shape index (κ2) is 4.71. The molecular weight excluding hydrogens is 285 g/mol. The molecule has 0 aromatic heterocycles. The molecule has 3 rings (SSSR count). The summed E-state index contributed by atoms with van der Waals surface area (Å²) in [7, 11) is 0. The number of nitrogens with one attached hydrogen (secondary N) is 2. The number of benzene rings is 1. The lowest BCUT2D eigenvalue weighted by molar-refractivity contribution is -0.131. The summed E-state index contributed by atoms with van der Waals surface area (Å²) in [5, 5.41) is 6.12. The van der Waals surface area contributed by atoms with Gasteiger partial charge in [-0.15, -0.1) is 0 Å². The van der Waals surface area contributed by atoms with E-state index in [1.807, 2.05) is 0 Å². The van der Waals surface area contributed by atoms with Gasteiger partial charge in [-0.1, -0.05) is 11.6 Å². The van der Waals surface area contributed by atoms with E-state index < -0.39 is 17.4 Å². The van der Waals surface area contributed by atoms with Crippen LogP contribution in [0.3, 0.4) is 0 Å². The van der Waals surface area contributed by atoms with E-state index in [9.17, 15) is 14.0 Å². The molecule has 1 aromatic carbocycles. The van der Waals surface area contributed by atoms with Gasteiger partial charge in [0.25, 0.3) is 5.91 Å². The summed E-state index contributed by atoms with van der Waals surface area (Å²) in [5.41, 5.74) is -0.435. The van der Waals surface area contributed by atoms with Crippen molar-refractivity contribution in [3.63, 3.8) is 0 Å². The fraction of sp³-hybridized carbons (Fsp3) is 0.385. The van der Waals surface area contributed by atoms with Crippen molar-refractivity contribution in [2.45, 2.75) is 18.5 Å². The summed E-state index contributed by atoms with van der Waals surface area (Å²) in [4.78, 5) is 25.5. The topological polar surface area (TPSA) is 61.4 Å². The molecular formula is C13H13ClFN3O2. The molecule has 2 aliphatic heterocycles. The molecule has 1 spiro atoms. The minimum atomic E-state index is -0.850. The van der Waals surface area contributed by atoms with Crippen LogP contribution in [0.25, 0.3) is 0 Å². The van der Waals surface area contributed by atoms with Crippen molar-refractivity contribution in [3.05, 3.63) is 34.6 Å². The number of carbonyl (C=O) groups is 2. The Hall–Kier alpha value is -1.66. The summed E-state index contributed by atoms with van der Waals surface area (Å²) in [5.74, 6) is -0.735. The number of urea groups is 1. The van der Waals surface area contributed by atoms with Gasteiger partial charge in [0.2, 0.25) is 0 Å². The number of hydrogen-bond donors (Lipinski definition) is 2. The number of hydrogen-bond acceptors (Lipinski definition) is 3. The molecule has 0 aliphatic carbocycles. The van der Waals surface area contributed by atoms with Crippen molar-refractivity contribution < 1.29 is 14.0 Å². The molecule has 2 heterocycles. The van der Waals surface area contributed by atoms with Crippen molar-refractivity contribution in [2.24, 2.45) is 0 Å².